The summed E-state index contributed by atoms with van der Waals surface area (Å²) >= 11 is 0. The number of pyridine rings is 2. The number of aryl methyl sites for hydroxylation is 1. The van der Waals surface area contributed by atoms with Crippen LogP contribution in [0.3, 0.4) is 0 Å². The first-order valence-corrected chi connectivity index (χ1v) is 10.2. The van der Waals surface area contributed by atoms with E-state index in [1.54, 1.807) is 12.3 Å². The number of amides is 1. The highest BCUT2D eigenvalue weighted by molar-refractivity contribution is 5.95. The van der Waals surface area contributed by atoms with E-state index in [4.69, 9.17) is 4.98 Å². The Bertz CT molecular complexity index is 1110. The largest absolute Gasteiger partial charge is 0.341 e. The molecule has 1 N–H and O–H groups in total. The molecule has 2 aromatic heterocycles. The predicted octanol–water partition coefficient (Wildman–Crippen LogP) is 4.64. The van der Waals surface area contributed by atoms with E-state index in [1.807, 2.05) is 6.07 Å². The lowest BCUT2D eigenvalue weighted by molar-refractivity contribution is 0.0929. The number of halogens is 2. The molecule has 0 spiro atoms. The minimum Gasteiger partial charge on any atom is -0.341 e. The van der Waals surface area contributed by atoms with Gasteiger partial charge >= 0.3 is 0 Å². The lowest BCUT2D eigenvalue weighted by Gasteiger charge is -2.27. The fraction of sp³-hybridized carbons (Fsp3) is 0.292. The van der Waals surface area contributed by atoms with E-state index in [2.05, 4.69) is 16.4 Å². The molecule has 30 heavy (non-hydrogen) atoms. The third-order valence-corrected chi connectivity index (χ3v) is 6.12. The quantitative estimate of drug-likeness (QED) is 0.688. The molecule has 5 rings (SSSR count). The Hall–Kier alpha value is -3.15. The smallest absolute Gasteiger partial charge is 0.252 e. The van der Waals surface area contributed by atoms with Crippen molar-refractivity contribution in [1.29, 1.82) is 0 Å². The lowest BCUT2D eigenvalue weighted by Crippen LogP contribution is -2.36. The van der Waals surface area contributed by atoms with Gasteiger partial charge in [0.2, 0.25) is 0 Å². The summed E-state index contributed by atoms with van der Waals surface area (Å²) in [5.41, 5.74) is 3.81. The van der Waals surface area contributed by atoms with E-state index in [-0.39, 0.29) is 23.5 Å². The van der Waals surface area contributed by atoms with Crippen LogP contribution in [-0.4, -0.2) is 15.9 Å². The molecular weight excluding hydrogens is 384 g/mol. The Labute approximate surface area is 173 Å². The summed E-state index contributed by atoms with van der Waals surface area (Å²) in [6.07, 6.45) is 7.36. The van der Waals surface area contributed by atoms with Crippen LogP contribution in [0.4, 0.5) is 8.78 Å². The van der Waals surface area contributed by atoms with Crippen LogP contribution in [0.1, 0.15) is 64.5 Å². The summed E-state index contributed by atoms with van der Waals surface area (Å²) < 4.78 is 26.8. The standard InChI is InChI=1S/C24H21F2N3O/c25-17-6-4-15(5-7-17)23(30)29-24(10-11-24)22-9-8-20-19(2-1-3-21(20)28-22)16-12-18(26)14-27-13-16/h4-9,12-14,19H,1-3,10-11H2,(H,29,30). The van der Waals surface area contributed by atoms with Gasteiger partial charge in [0.15, 0.2) is 0 Å². The second-order valence-electron chi connectivity index (χ2n) is 8.16. The molecule has 152 valence electrons. The summed E-state index contributed by atoms with van der Waals surface area (Å²) in [5, 5.41) is 3.09. The molecular formula is C24H21F2N3O. The van der Waals surface area contributed by atoms with Crippen LogP contribution in [0.5, 0.6) is 0 Å². The summed E-state index contributed by atoms with van der Waals surface area (Å²) in [5.74, 6) is -0.838. The molecule has 0 radical (unpaired) electrons. The van der Waals surface area contributed by atoms with E-state index in [0.717, 1.165) is 54.6 Å². The second kappa shape index (κ2) is 7.27. The van der Waals surface area contributed by atoms with Crippen molar-refractivity contribution in [3.63, 3.8) is 0 Å². The van der Waals surface area contributed by atoms with Crippen LogP contribution < -0.4 is 5.32 Å². The average Bonchev–Trinajstić information content (AvgIpc) is 3.54. The molecule has 1 atom stereocenters. The normalized spacial score (nSPS) is 19.1. The Kier molecular flexibility index (Phi) is 4.57. The predicted molar refractivity (Wildman–Crippen MR) is 108 cm³/mol. The molecule has 0 saturated heterocycles. The van der Waals surface area contributed by atoms with Crippen LogP contribution >= 0.6 is 0 Å². The maximum atomic E-state index is 13.7. The zero-order chi connectivity index (χ0) is 20.7. The molecule has 3 aromatic rings. The van der Waals surface area contributed by atoms with Gasteiger partial charge in [0.1, 0.15) is 11.6 Å². The van der Waals surface area contributed by atoms with Crippen LogP contribution in [-0.2, 0) is 12.0 Å². The van der Waals surface area contributed by atoms with Crippen LogP contribution in [0.15, 0.2) is 54.9 Å². The van der Waals surface area contributed by atoms with Gasteiger partial charge in [0.05, 0.1) is 17.4 Å². The third-order valence-electron chi connectivity index (χ3n) is 6.12. The highest BCUT2D eigenvalue weighted by Gasteiger charge is 2.47. The van der Waals surface area contributed by atoms with E-state index in [1.165, 1.54) is 30.5 Å². The Balaban J connectivity index is 1.41. The molecule has 1 unspecified atom stereocenters. The van der Waals surface area contributed by atoms with Crippen molar-refractivity contribution in [3.05, 3.63) is 94.6 Å². The average molecular weight is 405 g/mol. The zero-order valence-electron chi connectivity index (χ0n) is 16.4. The SMILES string of the molecule is O=C(NC1(c2ccc3c(n2)CCCC3c2cncc(F)c2)CC1)c1ccc(F)cc1. The number of nitrogens with one attached hydrogen (secondary N) is 1. The molecule has 1 aromatic carbocycles. The summed E-state index contributed by atoms with van der Waals surface area (Å²) in [7, 11) is 0. The number of hydrogen-bond acceptors (Lipinski definition) is 3. The van der Waals surface area contributed by atoms with Gasteiger partial charge in [-0.1, -0.05) is 6.07 Å². The molecule has 2 aliphatic carbocycles. The maximum absolute atomic E-state index is 13.7. The number of aromatic nitrogens is 2. The van der Waals surface area contributed by atoms with Crippen molar-refractivity contribution in [2.24, 2.45) is 0 Å². The molecule has 2 aliphatic rings. The fourth-order valence-corrected chi connectivity index (χ4v) is 4.35. The maximum Gasteiger partial charge on any atom is 0.252 e. The fourth-order valence-electron chi connectivity index (χ4n) is 4.35. The lowest BCUT2D eigenvalue weighted by atomic mass is 9.81. The number of benzene rings is 1. The topological polar surface area (TPSA) is 54.9 Å². The summed E-state index contributed by atoms with van der Waals surface area (Å²) in [6, 6.07) is 11.1. The minimum atomic E-state index is -0.464. The van der Waals surface area contributed by atoms with Crippen LogP contribution in [0.25, 0.3) is 0 Å². The molecule has 1 fully saturated rings. The Morgan fingerprint density at radius 2 is 1.83 bits per heavy atom. The monoisotopic (exact) mass is 405 g/mol. The number of fused-ring (bicyclic) bond motifs is 1. The van der Waals surface area contributed by atoms with Gasteiger partial charge < -0.3 is 5.32 Å². The molecule has 1 amide bonds. The molecule has 1 saturated carbocycles. The second-order valence-corrected chi connectivity index (χ2v) is 8.16. The van der Waals surface area contributed by atoms with Crippen LogP contribution in [0.2, 0.25) is 0 Å². The number of carbonyl (C=O) groups is 1. The molecule has 4 nitrogen and oxygen atoms in total. The molecule has 6 heteroatoms. The van der Waals surface area contributed by atoms with E-state index in [0.29, 0.717) is 5.56 Å². The first kappa shape index (κ1) is 18.9. The minimum absolute atomic E-state index is 0.0856. The van der Waals surface area contributed by atoms with Gasteiger partial charge in [-0.3, -0.25) is 14.8 Å². The summed E-state index contributed by atoms with van der Waals surface area (Å²) in [6.45, 7) is 0. The van der Waals surface area contributed by atoms with Gasteiger partial charge in [-0.25, -0.2) is 8.78 Å². The van der Waals surface area contributed by atoms with Crippen molar-refractivity contribution in [3.8, 4) is 0 Å². The number of hydrogen-bond donors (Lipinski definition) is 1. The van der Waals surface area contributed by atoms with Gasteiger partial charge in [0, 0.05) is 23.4 Å². The first-order valence-electron chi connectivity index (χ1n) is 10.2. The van der Waals surface area contributed by atoms with Crippen molar-refractivity contribution in [2.75, 3.05) is 0 Å². The Morgan fingerprint density at radius 1 is 1.03 bits per heavy atom. The Morgan fingerprint density at radius 3 is 2.57 bits per heavy atom. The zero-order valence-corrected chi connectivity index (χ0v) is 16.4. The summed E-state index contributed by atoms with van der Waals surface area (Å²) in [4.78, 5) is 21.6. The third kappa shape index (κ3) is 3.47. The van der Waals surface area contributed by atoms with E-state index in [9.17, 15) is 13.6 Å². The van der Waals surface area contributed by atoms with Crippen molar-refractivity contribution in [1.82, 2.24) is 15.3 Å². The van der Waals surface area contributed by atoms with E-state index >= 15 is 0 Å². The number of rotatable bonds is 4. The van der Waals surface area contributed by atoms with Gasteiger partial charge in [0.25, 0.3) is 5.91 Å². The molecule has 0 aliphatic heterocycles. The van der Waals surface area contributed by atoms with Crippen LogP contribution in [0, 0.1) is 11.6 Å². The van der Waals surface area contributed by atoms with Crippen molar-refractivity contribution >= 4 is 5.91 Å². The van der Waals surface area contributed by atoms with Gasteiger partial charge in [-0.15, -0.1) is 0 Å². The molecule has 0 bridgehead atoms. The van der Waals surface area contributed by atoms with Crippen molar-refractivity contribution in [2.45, 2.75) is 43.6 Å². The van der Waals surface area contributed by atoms with E-state index < -0.39 is 5.54 Å². The molecule has 2 heterocycles. The van der Waals surface area contributed by atoms with Gasteiger partial charge in [-0.05, 0) is 79.6 Å². The van der Waals surface area contributed by atoms with Crippen molar-refractivity contribution < 1.29 is 13.6 Å². The number of nitrogens with zero attached hydrogens (tertiary/aromatic N) is 2. The van der Waals surface area contributed by atoms with Gasteiger partial charge in [-0.2, -0.15) is 0 Å². The highest BCUT2D eigenvalue weighted by Crippen LogP contribution is 2.46. The highest BCUT2D eigenvalue weighted by atomic mass is 19.1. The first-order chi connectivity index (χ1) is 14.5. The number of carbonyl (C=O) groups excluding carboxylic acids is 1.